The third kappa shape index (κ3) is 3.92. The van der Waals surface area contributed by atoms with E-state index in [0.717, 1.165) is 9.87 Å². The lowest BCUT2D eigenvalue weighted by atomic mass is 10.1. The van der Waals surface area contributed by atoms with E-state index in [2.05, 4.69) is 5.32 Å². The molecule has 1 aliphatic heterocycles. The number of phenols is 1. The average Bonchev–Trinajstić information content (AvgIpc) is 2.71. The van der Waals surface area contributed by atoms with Crippen LogP contribution >= 0.6 is 0 Å². The SMILES string of the molecule is CC(C)C(=O)NCCc1ccc(N2CC(=O)NS2(=O)=O)c(O)c1. The molecule has 1 aromatic rings. The predicted octanol–water partition coefficient (Wildman–Crippen LogP) is -0.112. The van der Waals surface area contributed by atoms with Crippen molar-refractivity contribution in [2.45, 2.75) is 20.3 Å². The van der Waals surface area contributed by atoms with E-state index >= 15 is 0 Å². The topological polar surface area (TPSA) is 116 Å². The Bertz CT molecular complexity index is 730. The number of anilines is 1. The average molecular weight is 341 g/mol. The Morgan fingerprint density at radius 1 is 1.43 bits per heavy atom. The first-order valence-electron chi connectivity index (χ1n) is 7.13. The Hall–Kier alpha value is -2.29. The highest BCUT2D eigenvalue weighted by Gasteiger charge is 2.35. The van der Waals surface area contributed by atoms with Crippen LogP contribution in [-0.4, -0.2) is 38.4 Å². The van der Waals surface area contributed by atoms with E-state index in [1.54, 1.807) is 19.9 Å². The number of hydrogen-bond acceptors (Lipinski definition) is 5. The normalized spacial score (nSPS) is 16.5. The molecule has 126 valence electrons. The minimum atomic E-state index is -3.95. The number of aromatic hydroxyl groups is 1. The monoisotopic (exact) mass is 341 g/mol. The molecule has 2 rings (SSSR count). The zero-order valence-electron chi connectivity index (χ0n) is 12.9. The van der Waals surface area contributed by atoms with E-state index in [-0.39, 0.29) is 29.8 Å². The summed E-state index contributed by atoms with van der Waals surface area (Å²) < 4.78 is 26.2. The molecule has 0 atom stereocenters. The van der Waals surface area contributed by atoms with Crippen molar-refractivity contribution < 1.29 is 23.1 Å². The summed E-state index contributed by atoms with van der Waals surface area (Å²) in [7, 11) is -3.95. The molecule has 9 heteroatoms. The van der Waals surface area contributed by atoms with Crippen LogP contribution in [0.25, 0.3) is 0 Å². The lowest BCUT2D eigenvalue weighted by molar-refractivity contribution is -0.124. The number of carbonyl (C=O) groups is 2. The maximum atomic E-state index is 11.8. The number of carbonyl (C=O) groups excluding carboxylic acids is 2. The fraction of sp³-hybridized carbons (Fsp3) is 0.429. The van der Waals surface area contributed by atoms with Gasteiger partial charge in [0.25, 0.3) is 5.91 Å². The molecule has 0 radical (unpaired) electrons. The minimum absolute atomic E-state index is 0.0401. The molecule has 8 nitrogen and oxygen atoms in total. The van der Waals surface area contributed by atoms with E-state index < -0.39 is 16.1 Å². The minimum Gasteiger partial charge on any atom is -0.506 e. The lowest BCUT2D eigenvalue weighted by Crippen LogP contribution is -2.30. The van der Waals surface area contributed by atoms with Crippen LogP contribution in [0.15, 0.2) is 18.2 Å². The van der Waals surface area contributed by atoms with Crippen molar-refractivity contribution in [2.75, 3.05) is 17.4 Å². The van der Waals surface area contributed by atoms with E-state index in [1.807, 2.05) is 4.72 Å². The fourth-order valence-electron chi connectivity index (χ4n) is 2.13. The number of amides is 2. The van der Waals surface area contributed by atoms with Gasteiger partial charge in [-0.1, -0.05) is 19.9 Å². The number of nitrogens with zero attached hydrogens (tertiary/aromatic N) is 1. The van der Waals surface area contributed by atoms with Gasteiger partial charge in [-0.15, -0.1) is 0 Å². The van der Waals surface area contributed by atoms with Crippen LogP contribution in [0.5, 0.6) is 5.75 Å². The molecular weight excluding hydrogens is 322 g/mol. The van der Waals surface area contributed by atoms with Gasteiger partial charge in [0, 0.05) is 12.5 Å². The summed E-state index contributed by atoms with van der Waals surface area (Å²) >= 11 is 0. The Morgan fingerprint density at radius 2 is 2.13 bits per heavy atom. The lowest BCUT2D eigenvalue weighted by Gasteiger charge is -2.16. The number of rotatable bonds is 5. The summed E-state index contributed by atoms with van der Waals surface area (Å²) in [6, 6.07) is 4.51. The van der Waals surface area contributed by atoms with Gasteiger partial charge in [-0.05, 0) is 24.1 Å². The summed E-state index contributed by atoms with van der Waals surface area (Å²) in [4.78, 5) is 22.7. The van der Waals surface area contributed by atoms with Crippen LogP contribution in [0.2, 0.25) is 0 Å². The zero-order valence-corrected chi connectivity index (χ0v) is 13.7. The smallest absolute Gasteiger partial charge is 0.326 e. The molecule has 3 N–H and O–H groups in total. The standard InChI is InChI=1S/C14H19N3O5S/c1-9(2)14(20)15-6-5-10-3-4-11(12(18)7-10)17-8-13(19)16-23(17,21)22/h3-4,7,9,18H,5-6,8H2,1-2H3,(H,15,20)(H,16,19). The van der Waals surface area contributed by atoms with Gasteiger partial charge < -0.3 is 10.4 Å². The maximum absolute atomic E-state index is 11.8. The maximum Gasteiger partial charge on any atom is 0.326 e. The van der Waals surface area contributed by atoms with Crippen LogP contribution in [0.4, 0.5) is 5.69 Å². The molecule has 0 spiro atoms. The summed E-state index contributed by atoms with van der Waals surface area (Å²) in [5.41, 5.74) is 0.782. The van der Waals surface area contributed by atoms with Crippen molar-refractivity contribution in [1.82, 2.24) is 10.0 Å². The van der Waals surface area contributed by atoms with Crippen LogP contribution in [0, 0.1) is 5.92 Å². The van der Waals surface area contributed by atoms with E-state index in [9.17, 15) is 23.1 Å². The predicted molar refractivity (Wildman–Crippen MR) is 84.1 cm³/mol. The summed E-state index contributed by atoms with van der Waals surface area (Å²) in [5, 5.41) is 12.8. The highest BCUT2D eigenvalue weighted by atomic mass is 32.2. The van der Waals surface area contributed by atoms with Crippen LogP contribution in [0.1, 0.15) is 19.4 Å². The highest BCUT2D eigenvalue weighted by Crippen LogP contribution is 2.31. The van der Waals surface area contributed by atoms with E-state index in [0.29, 0.717) is 13.0 Å². The molecule has 2 amide bonds. The molecule has 0 aromatic heterocycles. The second-order valence-electron chi connectivity index (χ2n) is 5.56. The first kappa shape index (κ1) is 17.1. The van der Waals surface area contributed by atoms with E-state index in [4.69, 9.17) is 0 Å². The van der Waals surface area contributed by atoms with Gasteiger partial charge in [0.05, 0.1) is 5.69 Å². The first-order chi connectivity index (χ1) is 10.7. The molecule has 1 heterocycles. The molecule has 0 unspecified atom stereocenters. The molecule has 23 heavy (non-hydrogen) atoms. The highest BCUT2D eigenvalue weighted by molar-refractivity contribution is 7.92. The van der Waals surface area contributed by atoms with Crippen LogP contribution < -0.4 is 14.3 Å². The Labute approximate surface area is 134 Å². The number of benzene rings is 1. The van der Waals surface area contributed by atoms with Gasteiger partial charge in [-0.25, -0.2) is 9.03 Å². The third-order valence-corrected chi connectivity index (χ3v) is 4.76. The second-order valence-corrected chi connectivity index (χ2v) is 7.15. The van der Waals surface area contributed by atoms with Gasteiger partial charge in [0.15, 0.2) is 0 Å². The van der Waals surface area contributed by atoms with Gasteiger partial charge in [0.1, 0.15) is 12.3 Å². The number of phenolic OH excluding ortho intramolecular Hbond substituents is 1. The fourth-order valence-corrected chi connectivity index (χ4v) is 3.29. The van der Waals surface area contributed by atoms with Crippen LogP contribution in [-0.2, 0) is 26.2 Å². The molecule has 0 bridgehead atoms. The van der Waals surface area contributed by atoms with Crippen molar-refractivity contribution in [3.8, 4) is 5.75 Å². The van der Waals surface area contributed by atoms with Crippen molar-refractivity contribution in [3.63, 3.8) is 0 Å². The molecule has 1 aromatic carbocycles. The van der Waals surface area contributed by atoms with Gasteiger partial charge >= 0.3 is 10.2 Å². The Kier molecular flexibility index (Phi) is 4.79. The largest absolute Gasteiger partial charge is 0.506 e. The zero-order chi connectivity index (χ0) is 17.2. The Morgan fingerprint density at radius 3 is 2.65 bits per heavy atom. The van der Waals surface area contributed by atoms with Crippen molar-refractivity contribution in [1.29, 1.82) is 0 Å². The Balaban J connectivity index is 2.07. The van der Waals surface area contributed by atoms with E-state index in [1.165, 1.54) is 12.1 Å². The van der Waals surface area contributed by atoms with Gasteiger partial charge in [0.2, 0.25) is 5.91 Å². The molecule has 1 fully saturated rings. The van der Waals surface area contributed by atoms with Crippen LogP contribution in [0.3, 0.4) is 0 Å². The number of nitrogens with one attached hydrogen (secondary N) is 2. The molecule has 0 aliphatic carbocycles. The van der Waals surface area contributed by atoms with Crippen molar-refractivity contribution >= 4 is 27.7 Å². The van der Waals surface area contributed by atoms with Gasteiger partial charge in [-0.2, -0.15) is 8.42 Å². The summed E-state index contributed by atoms with van der Waals surface area (Å²) in [5.74, 6) is -1.04. The van der Waals surface area contributed by atoms with Crippen molar-refractivity contribution in [3.05, 3.63) is 23.8 Å². The quantitative estimate of drug-likeness (QED) is 0.691. The first-order valence-corrected chi connectivity index (χ1v) is 8.57. The van der Waals surface area contributed by atoms with Crippen molar-refractivity contribution in [2.24, 2.45) is 5.92 Å². The number of hydrogen-bond donors (Lipinski definition) is 3. The third-order valence-electron chi connectivity index (χ3n) is 3.37. The molecular formula is C14H19N3O5S. The molecule has 1 aliphatic rings. The molecule has 1 saturated heterocycles. The molecule has 0 saturated carbocycles. The van der Waals surface area contributed by atoms with Gasteiger partial charge in [-0.3, -0.25) is 9.59 Å². The second kappa shape index (κ2) is 6.45. The summed E-state index contributed by atoms with van der Waals surface area (Å²) in [6.45, 7) is 3.64. The summed E-state index contributed by atoms with van der Waals surface area (Å²) in [6.07, 6.45) is 0.496.